The van der Waals surface area contributed by atoms with Gasteiger partial charge in [0.2, 0.25) is 0 Å². The Balaban J connectivity index is 1.30. The number of ether oxygens (including phenoxy) is 4. The predicted octanol–water partition coefficient (Wildman–Crippen LogP) is 4.39. The first-order valence-corrected chi connectivity index (χ1v) is 15.2. The molecule has 2 aliphatic rings. The molecule has 0 spiro atoms. The number of aromatic amines is 1. The Morgan fingerprint density at radius 1 is 1.05 bits per heavy atom. The molecule has 1 saturated heterocycles. The summed E-state index contributed by atoms with van der Waals surface area (Å²) in [4.78, 5) is 2.11. The van der Waals surface area contributed by atoms with E-state index >= 15 is 0 Å². The van der Waals surface area contributed by atoms with Gasteiger partial charge in [0, 0.05) is 31.1 Å². The highest BCUT2D eigenvalue weighted by molar-refractivity contribution is 7.93. The van der Waals surface area contributed by atoms with Crippen molar-refractivity contribution in [3.8, 4) is 17.2 Å². The average Bonchev–Trinajstić information content (AvgIpc) is 3.64. The normalized spacial score (nSPS) is 17.8. The molecular formula is C28H34N6O7S. The summed E-state index contributed by atoms with van der Waals surface area (Å²) in [6.45, 7) is 5.08. The second-order valence-electron chi connectivity index (χ2n) is 10.3. The topological polar surface area (TPSA) is 153 Å². The lowest BCUT2D eigenvalue weighted by atomic mass is 10.1. The lowest BCUT2D eigenvalue weighted by Gasteiger charge is -2.32. The van der Waals surface area contributed by atoms with Gasteiger partial charge >= 0.3 is 0 Å². The van der Waals surface area contributed by atoms with Crippen LogP contribution in [0.25, 0.3) is 11.0 Å². The van der Waals surface area contributed by atoms with Crippen molar-refractivity contribution in [2.24, 2.45) is 0 Å². The van der Waals surface area contributed by atoms with Gasteiger partial charge in [0.25, 0.3) is 10.0 Å². The number of aromatic nitrogens is 3. The smallest absolute Gasteiger partial charge is 0.270 e. The Morgan fingerprint density at radius 2 is 1.79 bits per heavy atom. The van der Waals surface area contributed by atoms with Crippen LogP contribution in [0.5, 0.6) is 17.2 Å². The molecule has 1 unspecified atom stereocenters. The van der Waals surface area contributed by atoms with Gasteiger partial charge in [-0.2, -0.15) is 5.10 Å². The second-order valence-corrected chi connectivity index (χ2v) is 11.9. The summed E-state index contributed by atoms with van der Waals surface area (Å²) in [5.74, 6) is 1.91. The third-order valence-electron chi connectivity index (χ3n) is 7.61. The highest BCUT2D eigenvalue weighted by Crippen LogP contribution is 2.42. The van der Waals surface area contributed by atoms with Crippen LogP contribution in [0.1, 0.15) is 43.0 Å². The minimum atomic E-state index is -4.24. The lowest BCUT2D eigenvalue weighted by molar-refractivity contribution is -0.0283. The van der Waals surface area contributed by atoms with Crippen LogP contribution in [0.15, 0.2) is 39.8 Å². The number of morpholine rings is 1. The summed E-state index contributed by atoms with van der Waals surface area (Å²) in [6, 6.07) is 8.66. The van der Waals surface area contributed by atoms with Crippen molar-refractivity contribution in [1.82, 2.24) is 20.3 Å². The van der Waals surface area contributed by atoms with E-state index in [1.54, 1.807) is 24.3 Å². The maximum absolute atomic E-state index is 13.8. The van der Waals surface area contributed by atoms with Gasteiger partial charge in [-0.15, -0.1) is 0 Å². The van der Waals surface area contributed by atoms with Crippen LogP contribution in [0, 0.1) is 0 Å². The van der Waals surface area contributed by atoms with Crippen molar-refractivity contribution in [1.29, 1.82) is 0 Å². The molecule has 0 bridgehead atoms. The Kier molecular flexibility index (Phi) is 7.60. The van der Waals surface area contributed by atoms with Crippen molar-refractivity contribution >= 4 is 38.3 Å². The van der Waals surface area contributed by atoms with Gasteiger partial charge in [-0.25, -0.2) is 8.42 Å². The van der Waals surface area contributed by atoms with E-state index in [0.29, 0.717) is 47.3 Å². The molecule has 1 atom stereocenters. The van der Waals surface area contributed by atoms with E-state index in [2.05, 4.69) is 37.2 Å². The van der Waals surface area contributed by atoms with E-state index in [0.717, 1.165) is 37.2 Å². The van der Waals surface area contributed by atoms with E-state index in [-0.39, 0.29) is 28.3 Å². The number of sulfonamides is 1. The number of hydrogen-bond donors (Lipinski definition) is 3. The summed E-state index contributed by atoms with van der Waals surface area (Å²) in [5.41, 5.74) is 2.73. The molecule has 224 valence electrons. The van der Waals surface area contributed by atoms with Crippen LogP contribution in [-0.4, -0.2) is 76.2 Å². The molecule has 13 nitrogen and oxygen atoms in total. The van der Waals surface area contributed by atoms with Crippen molar-refractivity contribution in [2.45, 2.75) is 36.7 Å². The molecule has 1 saturated carbocycles. The fraction of sp³-hybridized carbons (Fsp3) is 0.429. The Bertz CT molecular complexity index is 1670. The summed E-state index contributed by atoms with van der Waals surface area (Å²) in [5, 5.41) is 15.0. The maximum atomic E-state index is 13.8. The van der Waals surface area contributed by atoms with E-state index in [1.807, 2.05) is 6.07 Å². The van der Waals surface area contributed by atoms with E-state index in [1.165, 1.54) is 21.3 Å². The molecule has 42 heavy (non-hydrogen) atoms. The molecule has 4 aromatic rings. The van der Waals surface area contributed by atoms with Crippen molar-refractivity contribution in [3.05, 3.63) is 41.6 Å². The highest BCUT2D eigenvalue weighted by Gasteiger charge is 2.31. The quantitative estimate of drug-likeness (QED) is 0.225. The number of benzene rings is 2. The first kappa shape index (κ1) is 28.1. The Labute approximate surface area is 243 Å². The van der Waals surface area contributed by atoms with E-state index < -0.39 is 10.0 Å². The van der Waals surface area contributed by atoms with Crippen LogP contribution >= 0.6 is 0 Å². The van der Waals surface area contributed by atoms with Gasteiger partial charge in [0.1, 0.15) is 23.1 Å². The molecule has 3 heterocycles. The van der Waals surface area contributed by atoms with Crippen LogP contribution in [0.3, 0.4) is 0 Å². The van der Waals surface area contributed by atoms with Gasteiger partial charge in [-0.1, -0.05) is 12.1 Å². The summed E-state index contributed by atoms with van der Waals surface area (Å²) in [6.07, 6.45) is 2.04. The van der Waals surface area contributed by atoms with Crippen molar-refractivity contribution in [3.63, 3.8) is 0 Å². The summed E-state index contributed by atoms with van der Waals surface area (Å²) < 4.78 is 58.2. The molecule has 2 aromatic carbocycles. The second kappa shape index (κ2) is 11.3. The first-order chi connectivity index (χ1) is 20.3. The summed E-state index contributed by atoms with van der Waals surface area (Å²) >= 11 is 0. The number of hydrogen-bond acceptors (Lipinski definition) is 11. The number of H-pyrrole nitrogens is 1. The van der Waals surface area contributed by atoms with E-state index in [9.17, 15) is 8.42 Å². The third kappa shape index (κ3) is 5.44. The number of anilines is 3. The van der Waals surface area contributed by atoms with Gasteiger partial charge < -0.3 is 28.8 Å². The largest absolute Gasteiger partial charge is 0.495 e. The summed E-state index contributed by atoms with van der Waals surface area (Å²) in [7, 11) is 0.108. The molecule has 2 aromatic heterocycles. The van der Waals surface area contributed by atoms with Crippen LogP contribution in [-0.2, 0) is 14.8 Å². The molecule has 14 heteroatoms. The zero-order valence-corrected chi connectivity index (χ0v) is 24.7. The number of methoxy groups -OCH3 is 3. The van der Waals surface area contributed by atoms with Crippen LogP contribution < -0.4 is 24.2 Å². The minimum absolute atomic E-state index is 0.00482. The SMILES string of the molecule is CCN1CCOC(c2cc(OC)c(S(=O)(=O)Nc3noc4cc(Nc5cc(C6CC6)n[nH]5)c(OC)cc34)c(OC)c2)C1. The zero-order chi connectivity index (χ0) is 29.4. The number of fused-ring (bicyclic) bond motifs is 1. The van der Waals surface area contributed by atoms with Gasteiger partial charge in [0.15, 0.2) is 16.3 Å². The Hall–Kier alpha value is -4.01. The highest BCUT2D eigenvalue weighted by atomic mass is 32.2. The van der Waals surface area contributed by atoms with Crippen LogP contribution in [0.2, 0.25) is 0 Å². The first-order valence-electron chi connectivity index (χ1n) is 13.8. The number of rotatable bonds is 11. The fourth-order valence-corrected chi connectivity index (χ4v) is 6.48. The molecular weight excluding hydrogens is 564 g/mol. The molecule has 0 radical (unpaired) electrons. The predicted molar refractivity (Wildman–Crippen MR) is 156 cm³/mol. The van der Waals surface area contributed by atoms with Crippen molar-refractivity contribution < 1.29 is 31.9 Å². The van der Waals surface area contributed by atoms with E-state index in [4.69, 9.17) is 23.5 Å². The fourth-order valence-electron chi connectivity index (χ4n) is 5.16. The molecule has 0 amide bonds. The standard InChI is InChI=1S/C28H34N6O7S/c1-5-34-8-9-40-25(15-34)17-10-23(38-3)27(24(11-17)39-4)42(35,36)33-28-18-12-22(37-2)20(13-21(18)41-32-28)29-26-14-19(30-31-26)16-6-7-16/h10-14,16,25H,5-9,15H2,1-4H3,(H,32,33)(H2,29,30,31). The zero-order valence-electron chi connectivity index (χ0n) is 23.9. The Morgan fingerprint density at radius 3 is 2.45 bits per heavy atom. The molecule has 1 aliphatic carbocycles. The van der Waals surface area contributed by atoms with Gasteiger partial charge in [0.05, 0.1) is 50.8 Å². The number of nitrogens with zero attached hydrogens (tertiary/aromatic N) is 3. The molecule has 1 aliphatic heterocycles. The minimum Gasteiger partial charge on any atom is -0.495 e. The monoisotopic (exact) mass is 598 g/mol. The average molecular weight is 599 g/mol. The lowest BCUT2D eigenvalue weighted by Crippen LogP contribution is -2.38. The molecule has 2 fully saturated rings. The maximum Gasteiger partial charge on any atom is 0.270 e. The molecule has 6 rings (SSSR count). The third-order valence-corrected chi connectivity index (χ3v) is 9.01. The number of nitrogens with one attached hydrogen (secondary N) is 3. The molecule has 3 N–H and O–H groups in total. The number of likely N-dealkylation sites (N-methyl/N-ethyl adjacent to an activating group) is 1. The van der Waals surface area contributed by atoms with Crippen LogP contribution in [0.4, 0.5) is 17.3 Å². The van der Waals surface area contributed by atoms with Gasteiger partial charge in [-0.3, -0.25) is 14.7 Å². The van der Waals surface area contributed by atoms with Crippen molar-refractivity contribution in [2.75, 3.05) is 57.6 Å². The van der Waals surface area contributed by atoms with Gasteiger partial charge in [-0.05, 0) is 43.1 Å².